The predicted octanol–water partition coefficient (Wildman–Crippen LogP) is 7.68. The fourth-order valence-electron chi connectivity index (χ4n) is 6.42. The molecular formula is C38H36N4O3. The maximum absolute atomic E-state index is 14.6. The number of hydrogen-bond acceptors (Lipinski definition) is 4. The number of hydrogen-bond donors (Lipinski definition) is 1. The van der Waals surface area contributed by atoms with Gasteiger partial charge in [0.25, 0.3) is 5.91 Å². The number of ether oxygens (including phenoxy) is 2. The molecule has 0 aliphatic carbocycles. The van der Waals surface area contributed by atoms with Gasteiger partial charge in [-0.1, -0.05) is 74.0 Å². The highest BCUT2D eigenvalue weighted by Crippen LogP contribution is 2.40. The third-order valence-electron chi connectivity index (χ3n) is 8.63. The number of rotatable bonds is 9. The first-order valence-corrected chi connectivity index (χ1v) is 15.5. The Bertz CT molecular complexity index is 1930. The Balaban J connectivity index is 1.28. The standard InChI is InChI=1S/C38H36N4O3/c1-3-10-35-33(24-39-42(35)28-13-8-5-9-14-28)38(43)41-22-21-31-32-23-30(44-2)19-20-34(32)40-36(31)37(41)27-15-17-29(18-16-27)45-25-26-11-6-4-7-12-26/h4-9,11-20,23-24,37,40H,3,10,21-22,25H2,1-2H3. The van der Waals surface area contributed by atoms with Gasteiger partial charge >= 0.3 is 0 Å². The van der Waals surface area contributed by atoms with Crippen LogP contribution in [0.1, 0.15) is 57.8 Å². The molecule has 0 bridgehead atoms. The highest BCUT2D eigenvalue weighted by Gasteiger charge is 2.36. The minimum absolute atomic E-state index is 0.0167. The molecule has 1 atom stereocenters. The minimum Gasteiger partial charge on any atom is -0.497 e. The molecule has 3 heterocycles. The third-order valence-corrected chi connectivity index (χ3v) is 8.63. The van der Waals surface area contributed by atoms with Gasteiger partial charge < -0.3 is 19.4 Å². The number of H-pyrrole nitrogens is 1. The van der Waals surface area contributed by atoms with Gasteiger partial charge in [-0.3, -0.25) is 4.79 Å². The van der Waals surface area contributed by atoms with Crippen molar-refractivity contribution >= 4 is 16.8 Å². The van der Waals surface area contributed by atoms with E-state index >= 15 is 0 Å². The van der Waals surface area contributed by atoms with Gasteiger partial charge in [-0.05, 0) is 72.0 Å². The molecule has 7 heteroatoms. The van der Waals surface area contributed by atoms with Crippen LogP contribution in [0.25, 0.3) is 16.6 Å². The molecule has 2 aromatic heterocycles. The number of aromatic nitrogens is 3. The highest BCUT2D eigenvalue weighted by molar-refractivity contribution is 5.96. The van der Waals surface area contributed by atoms with E-state index in [1.807, 2.05) is 76.3 Å². The first kappa shape index (κ1) is 28.5. The Labute approximate surface area is 263 Å². The van der Waals surface area contributed by atoms with Crippen molar-refractivity contribution in [1.82, 2.24) is 19.7 Å². The van der Waals surface area contributed by atoms with Gasteiger partial charge in [-0.2, -0.15) is 5.10 Å². The maximum Gasteiger partial charge on any atom is 0.258 e. The second-order valence-electron chi connectivity index (χ2n) is 11.4. The number of methoxy groups -OCH3 is 1. The first-order chi connectivity index (χ1) is 22.1. The number of amides is 1. The molecule has 1 aliphatic rings. The maximum atomic E-state index is 14.6. The number of nitrogens with one attached hydrogen (secondary N) is 1. The van der Waals surface area contributed by atoms with Crippen molar-refractivity contribution in [3.05, 3.63) is 143 Å². The summed E-state index contributed by atoms with van der Waals surface area (Å²) >= 11 is 0. The topological polar surface area (TPSA) is 72.4 Å². The van der Waals surface area contributed by atoms with Crippen LogP contribution in [-0.4, -0.2) is 39.2 Å². The number of fused-ring (bicyclic) bond motifs is 3. The molecule has 0 fully saturated rings. The molecule has 1 unspecified atom stereocenters. The van der Waals surface area contributed by atoms with Crippen LogP contribution in [0.3, 0.4) is 0 Å². The van der Waals surface area contributed by atoms with Crippen LogP contribution in [0, 0.1) is 0 Å². The Kier molecular flexibility index (Phi) is 7.82. The van der Waals surface area contributed by atoms with Gasteiger partial charge in [0.15, 0.2) is 0 Å². The number of carbonyl (C=O) groups is 1. The number of aromatic amines is 1. The van der Waals surface area contributed by atoms with Crippen molar-refractivity contribution in [2.24, 2.45) is 0 Å². The van der Waals surface area contributed by atoms with Crippen molar-refractivity contribution < 1.29 is 14.3 Å². The molecule has 0 radical (unpaired) electrons. The fourth-order valence-corrected chi connectivity index (χ4v) is 6.42. The van der Waals surface area contributed by atoms with Gasteiger partial charge in [0, 0.05) is 23.1 Å². The second-order valence-corrected chi connectivity index (χ2v) is 11.4. The SMILES string of the molecule is CCCc1c(C(=O)N2CCc3c([nH]c4ccc(OC)cc34)C2c2ccc(OCc3ccccc3)cc2)cnn1-c1ccccc1. The van der Waals surface area contributed by atoms with E-state index in [4.69, 9.17) is 14.6 Å². The van der Waals surface area contributed by atoms with Gasteiger partial charge in [-0.25, -0.2) is 4.68 Å². The highest BCUT2D eigenvalue weighted by atomic mass is 16.5. The lowest BCUT2D eigenvalue weighted by Gasteiger charge is -2.36. The summed E-state index contributed by atoms with van der Waals surface area (Å²) in [6, 6.07) is 34.1. The Hall–Kier alpha value is -5.30. The van der Waals surface area contributed by atoms with Crippen molar-refractivity contribution in [2.75, 3.05) is 13.7 Å². The molecule has 226 valence electrons. The van der Waals surface area contributed by atoms with Crippen molar-refractivity contribution in [1.29, 1.82) is 0 Å². The zero-order valence-electron chi connectivity index (χ0n) is 25.6. The molecule has 1 N–H and O–H groups in total. The van der Waals surface area contributed by atoms with Crippen molar-refractivity contribution in [3.8, 4) is 17.2 Å². The van der Waals surface area contributed by atoms with Crippen molar-refractivity contribution in [3.63, 3.8) is 0 Å². The molecule has 1 amide bonds. The first-order valence-electron chi connectivity index (χ1n) is 15.5. The quantitative estimate of drug-likeness (QED) is 0.186. The second kappa shape index (κ2) is 12.4. The summed E-state index contributed by atoms with van der Waals surface area (Å²) < 4.78 is 13.6. The largest absolute Gasteiger partial charge is 0.497 e. The monoisotopic (exact) mass is 596 g/mol. The van der Waals surface area contributed by atoms with Crippen molar-refractivity contribution in [2.45, 2.75) is 38.8 Å². The molecule has 1 aliphatic heterocycles. The van der Waals surface area contributed by atoms with E-state index in [1.165, 1.54) is 5.56 Å². The Morgan fingerprint density at radius 1 is 0.933 bits per heavy atom. The molecule has 7 rings (SSSR count). The van der Waals surface area contributed by atoms with Crippen LogP contribution < -0.4 is 9.47 Å². The minimum atomic E-state index is -0.308. The lowest BCUT2D eigenvalue weighted by molar-refractivity contribution is 0.0690. The van der Waals surface area contributed by atoms with E-state index < -0.39 is 0 Å². The van der Waals surface area contributed by atoms with Crippen LogP contribution in [0.4, 0.5) is 0 Å². The smallest absolute Gasteiger partial charge is 0.258 e. The van der Waals surface area contributed by atoms with Crippen LogP contribution >= 0.6 is 0 Å². The van der Waals surface area contributed by atoms with Gasteiger partial charge in [-0.15, -0.1) is 0 Å². The Morgan fingerprint density at radius 2 is 1.67 bits per heavy atom. The van der Waals surface area contributed by atoms with E-state index in [0.29, 0.717) is 18.7 Å². The van der Waals surface area contributed by atoms with E-state index in [0.717, 1.165) is 69.9 Å². The lowest BCUT2D eigenvalue weighted by atomic mass is 9.91. The normalized spacial score (nSPS) is 14.4. The molecule has 7 nitrogen and oxygen atoms in total. The molecule has 6 aromatic rings. The van der Waals surface area contributed by atoms with Crippen LogP contribution in [0.5, 0.6) is 11.5 Å². The summed E-state index contributed by atoms with van der Waals surface area (Å²) in [4.78, 5) is 20.3. The molecule has 4 aromatic carbocycles. The summed E-state index contributed by atoms with van der Waals surface area (Å²) in [7, 11) is 1.69. The van der Waals surface area contributed by atoms with E-state index in [1.54, 1.807) is 13.3 Å². The summed E-state index contributed by atoms with van der Waals surface area (Å²) in [5, 5.41) is 5.84. The molecular weight excluding hydrogens is 560 g/mol. The van der Waals surface area contributed by atoms with Gasteiger partial charge in [0.1, 0.15) is 18.1 Å². The molecule has 0 saturated heterocycles. The van der Waals surface area contributed by atoms with Gasteiger partial charge in [0.2, 0.25) is 0 Å². The summed E-state index contributed by atoms with van der Waals surface area (Å²) in [5.74, 6) is 1.58. The van der Waals surface area contributed by atoms with E-state index in [9.17, 15) is 4.79 Å². The average molecular weight is 597 g/mol. The number of nitrogens with zero attached hydrogens (tertiary/aromatic N) is 3. The van der Waals surface area contributed by atoms with Crippen LogP contribution in [-0.2, 0) is 19.4 Å². The zero-order valence-corrected chi connectivity index (χ0v) is 25.6. The predicted molar refractivity (Wildman–Crippen MR) is 176 cm³/mol. The lowest BCUT2D eigenvalue weighted by Crippen LogP contribution is -2.41. The number of para-hydroxylation sites is 1. The Morgan fingerprint density at radius 3 is 2.40 bits per heavy atom. The van der Waals surface area contributed by atoms with Gasteiger partial charge in [0.05, 0.1) is 36.3 Å². The molecule has 0 spiro atoms. The summed E-state index contributed by atoms with van der Waals surface area (Å²) in [6.45, 7) is 3.20. The molecule has 45 heavy (non-hydrogen) atoms. The summed E-state index contributed by atoms with van der Waals surface area (Å²) in [5.41, 5.74) is 7.95. The van der Waals surface area contributed by atoms with E-state index in [2.05, 4.69) is 48.3 Å². The number of carbonyl (C=O) groups excluding carboxylic acids is 1. The third kappa shape index (κ3) is 5.46. The zero-order chi connectivity index (χ0) is 30.8. The fraction of sp³-hybridized carbons (Fsp3) is 0.211. The van der Waals surface area contributed by atoms with Crippen LogP contribution in [0.15, 0.2) is 109 Å². The molecule has 0 saturated carbocycles. The summed E-state index contributed by atoms with van der Waals surface area (Å²) in [6.07, 6.45) is 4.13. The number of benzene rings is 4. The average Bonchev–Trinajstić information content (AvgIpc) is 3.69. The van der Waals surface area contributed by atoms with Crippen LogP contribution in [0.2, 0.25) is 0 Å². The van der Waals surface area contributed by atoms with E-state index in [-0.39, 0.29) is 11.9 Å².